The molecule has 0 radical (unpaired) electrons. The van der Waals surface area contributed by atoms with Crippen molar-refractivity contribution < 1.29 is 49.1 Å². The van der Waals surface area contributed by atoms with Crippen molar-refractivity contribution in [1.82, 2.24) is 0 Å². The summed E-state index contributed by atoms with van der Waals surface area (Å²) < 4.78 is 94.7. The maximum atomic E-state index is 11.4. The van der Waals surface area contributed by atoms with Crippen molar-refractivity contribution in [2.75, 3.05) is 24.2 Å². The molecule has 0 fully saturated rings. The van der Waals surface area contributed by atoms with Crippen LogP contribution in [0, 0.1) is 0 Å². The third kappa shape index (κ3) is 7.75. The Morgan fingerprint density at radius 3 is 1.71 bits per heavy atom. The number of phenolic OH excluding ortho intramolecular Hbond substituents is 2. The number of hydrogen-bond acceptors (Lipinski definition) is 10. The van der Waals surface area contributed by atoms with Crippen molar-refractivity contribution in [3.63, 3.8) is 0 Å². The second-order valence-corrected chi connectivity index (χ2v) is 13.1. The summed E-state index contributed by atoms with van der Waals surface area (Å²) in [6.07, 6.45) is 1.66. The fraction of sp³-hybridized carbons (Fsp3) is 0.200. The Kier molecular flexibility index (Phi) is 9.37. The number of rotatable bonds is 8. The molecule has 222 valence electrons. The second kappa shape index (κ2) is 12.1. The van der Waals surface area contributed by atoms with E-state index in [1.54, 1.807) is 25.2 Å². The molecule has 0 aliphatic rings. The molecule has 0 atom stereocenters. The Hall–Kier alpha value is -3.67. The van der Waals surface area contributed by atoms with Gasteiger partial charge in [-0.05, 0) is 53.6 Å². The molecule has 0 aromatic heterocycles. The lowest BCUT2D eigenvalue weighted by molar-refractivity contribution is 0.470. The zero-order valence-electron chi connectivity index (χ0n) is 21.7. The van der Waals surface area contributed by atoms with Gasteiger partial charge in [0.2, 0.25) is 0 Å². The maximum Gasteiger partial charge on any atom is 0.294 e. The second-order valence-electron chi connectivity index (χ2n) is 8.85. The summed E-state index contributed by atoms with van der Waals surface area (Å²) in [5.74, 6) is -0.631. The van der Waals surface area contributed by atoms with E-state index in [4.69, 9.17) is 9.11 Å². The van der Waals surface area contributed by atoms with Crippen molar-refractivity contribution >= 4 is 63.3 Å². The molecule has 0 saturated carbocycles. The highest BCUT2D eigenvalue weighted by Crippen LogP contribution is 2.36. The van der Waals surface area contributed by atoms with Gasteiger partial charge in [-0.3, -0.25) is 13.7 Å². The number of phenols is 2. The Labute approximate surface area is 236 Å². The van der Waals surface area contributed by atoms with E-state index in [-0.39, 0.29) is 27.1 Å². The Balaban J connectivity index is 0.000000239. The molecule has 0 amide bonds. The average Bonchev–Trinajstić information content (AvgIpc) is 2.87. The van der Waals surface area contributed by atoms with E-state index in [9.17, 15) is 40.0 Å². The van der Waals surface area contributed by atoms with Gasteiger partial charge >= 0.3 is 0 Å². The predicted octanol–water partition coefficient (Wildman–Crippen LogP) is 4.08. The van der Waals surface area contributed by atoms with Crippen LogP contribution >= 0.6 is 0 Å². The number of nitrogens with one attached hydrogen (secondary N) is 2. The van der Waals surface area contributed by atoms with Crippen LogP contribution in [-0.4, -0.2) is 62.7 Å². The molecular weight excluding hydrogens is 600 g/mol. The van der Waals surface area contributed by atoms with Crippen LogP contribution in [-0.2, 0) is 30.4 Å². The van der Waals surface area contributed by atoms with Crippen LogP contribution in [0.1, 0.15) is 19.8 Å². The molecule has 4 rings (SSSR count). The van der Waals surface area contributed by atoms with Crippen LogP contribution in [0.2, 0.25) is 0 Å². The van der Waals surface area contributed by atoms with E-state index in [1.807, 2.05) is 6.92 Å². The molecule has 4 aromatic carbocycles. The highest BCUT2D eigenvalue weighted by molar-refractivity contribution is 7.86. The van der Waals surface area contributed by atoms with Gasteiger partial charge in [0, 0.05) is 47.9 Å². The molecular formula is C25H28N2O11S3. The Bertz CT molecular complexity index is 1940. The summed E-state index contributed by atoms with van der Waals surface area (Å²) in [7, 11) is -11.7. The zero-order valence-corrected chi connectivity index (χ0v) is 24.2. The van der Waals surface area contributed by atoms with Crippen molar-refractivity contribution in [1.29, 1.82) is 0 Å². The molecule has 16 heteroatoms. The molecule has 0 bridgehead atoms. The summed E-state index contributed by atoms with van der Waals surface area (Å²) in [6.45, 7) is 2.45. The van der Waals surface area contributed by atoms with Gasteiger partial charge in [-0.15, -0.1) is 0 Å². The number of aromatic hydroxyl groups is 2. The monoisotopic (exact) mass is 628 g/mol. The van der Waals surface area contributed by atoms with Crippen molar-refractivity contribution in [3.8, 4) is 11.5 Å². The standard InChI is InChI=1S/C14H17NO7S2.C11H11NO4S/c1-2-3-4-15-12-7-10(23(17,18)19)5-9-6-11(24(20,21)22)8-13(16)14(9)12;1-12-8-3-2-7-4-9(17(14,15)16)6-11(13)10(7)5-8/h5-8,15-16H,2-4H2,1H3,(H,17,18,19)(H,20,21,22);2-6,12-13H,1H3,(H,14,15,16). The van der Waals surface area contributed by atoms with Crippen LogP contribution in [0.3, 0.4) is 0 Å². The molecule has 0 aliphatic heterocycles. The zero-order chi connectivity index (χ0) is 30.8. The van der Waals surface area contributed by atoms with Crippen LogP contribution in [0.4, 0.5) is 11.4 Å². The van der Waals surface area contributed by atoms with E-state index in [2.05, 4.69) is 10.6 Å². The summed E-state index contributed by atoms with van der Waals surface area (Å²) in [4.78, 5) is -1.36. The lowest BCUT2D eigenvalue weighted by Gasteiger charge is -2.13. The minimum Gasteiger partial charge on any atom is -0.507 e. The van der Waals surface area contributed by atoms with Gasteiger partial charge in [0.1, 0.15) is 11.5 Å². The van der Waals surface area contributed by atoms with Crippen LogP contribution in [0.25, 0.3) is 21.5 Å². The average molecular weight is 629 g/mol. The molecule has 0 saturated heterocycles. The third-order valence-corrected chi connectivity index (χ3v) is 8.40. The fourth-order valence-electron chi connectivity index (χ4n) is 3.89. The summed E-state index contributed by atoms with van der Waals surface area (Å²) in [5, 5.41) is 27.0. The molecule has 4 aromatic rings. The van der Waals surface area contributed by atoms with Gasteiger partial charge in [0.15, 0.2) is 0 Å². The van der Waals surface area contributed by atoms with Crippen LogP contribution in [0.15, 0.2) is 69.3 Å². The van der Waals surface area contributed by atoms with Gasteiger partial charge in [-0.2, -0.15) is 25.3 Å². The van der Waals surface area contributed by atoms with Gasteiger partial charge in [0.05, 0.1) is 14.7 Å². The first-order valence-electron chi connectivity index (χ1n) is 11.9. The van der Waals surface area contributed by atoms with Crippen molar-refractivity contribution in [2.45, 2.75) is 34.5 Å². The first-order chi connectivity index (χ1) is 19.0. The van der Waals surface area contributed by atoms with E-state index < -0.39 is 45.9 Å². The van der Waals surface area contributed by atoms with Crippen LogP contribution < -0.4 is 10.6 Å². The van der Waals surface area contributed by atoms with Gasteiger partial charge in [0.25, 0.3) is 30.4 Å². The summed E-state index contributed by atoms with van der Waals surface area (Å²) in [5.41, 5.74) is 1.03. The maximum absolute atomic E-state index is 11.4. The molecule has 0 spiro atoms. The minimum absolute atomic E-state index is 0.0387. The number of benzene rings is 4. The molecule has 0 heterocycles. The Morgan fingerprint density at radius 2 is 1.20 bits per heavy atom. The van der Waals surface area contributed by atoms with E-state index in [1.165, 1.54) is 6.07 Å². The topological polar surface area (TPSA) is 228 Å². The smallest absolute Gasteiger partial charge is 0.294 e. The molecule has 0 unspecified atom stereocenters. The molecule has 0 aliphatic carbocycles. The SMILES string of the molecule is CCCCNc1cc(S(=O)(=O)O)cc2cc(S(=O)(=O)O)cc(O)c12.CNc1ccc2cc(S(=O)(=O)O)cc(O)c2c1. The van der Waals surface area contributed by atoms with Crippen LogP contribution in [0.5, 0.6) is 11.5 Å². The number of anilines is 2. The summed E-state index contributed by atoms with van der Waals surface area (Å²) in [6, 6.07) is 11.5. The fourth-order valence-corrected chi connectivity index (χ4v) is 5.51. The van der Waals surface area contributed by atoms with Gasteiger partial charge in [-0.1, -0.05) is 19.4 Å². The van der Waals surface area contributed by atoms with Crippen molar-refractivity contribution in [3.05, 3.63) is 54.6 Å². The lowest BCUT2D eigenvalue weighted by atomic mass is 10.1. The first kappa shape index (κ1) is 31.9. The van der Waals surface area contributed by atoms with E-state index in [0.29, 0.717) is 17.3 Å². The lowest BCUT2D eigenvalue weighted by Crippen LogP contribution is -2.05. The normalized spacial score (nSPS) is 12.1. The van der Waals surface area contributed by atoms with Gasteiger partial charge < -0.3 is 20.8 Å². The number of fused-ring (bicyclic) bond motifs is 2. The minimum atomic E-state index is -4.59. The van der Waals surface area contributed by atoms with E-state index >= 15 is 0 Å². The number of unbranched alkanes of at least 4 members (excludes halogenated alkanes) is 1. The molecule has 7 N–H and O–H groups in total. The van der Waals surface area contributed by atoms with Gasteiger partial charge in [-0.25, -0.2) is 0 Å². The molecule has 13 nitrogen and oxygen atoms in total. The number of hydrogen-bond donors (Lipinski definition) is 7. The third-order valence-electron chi connectivity index (χ3n) is 5.91. The molecule has 41 heavy (non-hydrogen) atoms. The van der Waals surface area contributed by atoms with E-state index in [0.717, 1.165) is 48.9 Å². The highest BCUT2D eigenvalue weighted by Gasteiger charge is 2.19. The Morgan fingerprint density at radius 1 is 0.683 bits per heavy atom. The predicted molar refractivity (Wildman–Crippen MR) is 154 cm³/mol. The van der Waals surface area contributed by atoms with Crippen molar-refractivity contribution in [2.24, 2.45) is 0 Å². The largest absolute Gasteiger partial charge is 0.507 e. The quantitative estimate of drug-likeness (QED) is 0.108. The first-order valence-corrected chi connectivity index (χ1v) is 16.2. The summed E-state index contributed by atoms with van der Waals surface area (Å²) >= 11 is 0. The highest BCUT2D eigenvalue weighted by atomic mass is 32.2.